The number of benzene rings is 1. The van der Waals surface area contributed by atoms with E-state index in [9.17, 15) is 4.39 Å². The fraction of sp³-hybridized carbons (Fsp3) is 0.400. The quantitative estimate of drug-likeness (QED) is 0.435. The molecule has 0 bridgehead atoms. The molecular formula is C10H12BrFMg. The van der Waals surface area contributed by atoms with Crippen LogP contribution in [0.5, 0.6) is 0 Å². The zero-order chi connectivity index (χ0) is 8.48. The summed E-state index contributed by atoms with van der Waals surface area (Å²) >= 11 is 0. The third-order valence-electron chi connectivity index (χ3n) is 1.62. The molecular weight excluding hydrogens is 243 g/mol. The van der Waals surface area contributed by atoms with Gasteiger partial charge in [-0.15, -0.1) is 11.6 Å². The first-order valence-electron chi connectivity index (χ1n) is 3.68. The predicted molar refractivity (Wildman–Crippen MR) is 49.7 cm³/mol. The van der Waals surface area contributed by atoms with Crippen LogP contribution in [-0.4, -0.2) is 23.1 Å². The molecule has 0 saturated heterocycles. The SMILES string of the molecule is CC(C)(C)c1c[c-]ccc1F.[Br-].[Mg+2]. The van der Waals surface area contributed by atoms with Gasteiger partial charge in [0.1, 0.15) is 0 Å². The molecule has 0 spiro atoms. The summed E-state index contributed by atoms with van der Waals surface area (Å²) in [6, 6.07) is 7.60. The van der Waals surface area contributed by atoms with Crippen molar-refractivity contribution in [1.29, 1.82) is 0 Å². The van der Waals surface area contributed by atoms with Crippen LogP contribution in [0.4, 0.5) is 4.39 Å². The van der Waals surface area contributed by atoms with Crippen molar-refractivity contribution in [3.63, 3.8) is 0 Å². The second-order valence-electron chi connectivity index (χ2n) is 3.66. The van der Waals surface area contributed by atoms with Crippen LogP contribution in [0.2, 0.25) is 0 Å². The average Bonchev–Trinajstić information content (AvgIpc) is 1.86. The molecule has 68 valence electrons. The van der Waals surface area contributed by atoms with Gasteiger partial charge in [0.15, 0.2) is 0 Å². The van der Waals surface area contributed by atoms with Crippen molar-refractivity contribution in [1.82, 2.24) is 0 Å². The van der Waals surface area contributed by atoms with Crippen LogP contribution in [0.15, 0.2) is 18.2 Å². The first-order chi connectivity index (χ1) is 5.02. The normalized spacial score (nSPS) is 9.85. The molecule has 1 rings (SSSR count). The van der Waals surface area contributed by atoms with Gasteiger partial charge in [0.25, 0.3) is 0 Å². The summed E-state index contributed by atoms with van der Waals surface area (Å²) < 4.78 is 13.1. The molecule has 0 nitrogen and oxygen atoms in total. The van der Waals surface area contributed by atoms with Crippen molar-refractivity contribution in [3.05, 3.63) is 35.6 Å². The zero-order valence-corrected chi connectivity index (χ0v) is 11.2. The first kappa shape index (κ1) is 15.9. The van der Waals surface area contributed by atoms with Gasteiger partial charge in [-0.2, -0.15) is 18.2 Å². The molecule has 1 aromatic rings. The van der Waals surface area contributed by atoms with Crippen molar-refractivity contribution in [3.8, 4) is 0 Å². The zero-order valence-electron chi connectivity index (χ0n) is 8.20. The van der Waals surface area contributed by atoms with Gasteiger partial charge >= 0.3 is 23.1 Å². The molecule has 0 amide bonds. The fourth-order valence-electron chi connectivity index (χ4n) is 0.986. The van der Waals surface area contributed by atoms with Crippen LogP contribution in [0.25, 0.3) is 0 Å². The maximum atomic E-state index is 13.1. The molecule has 0 heterocycles. The molecule has 0 aromatic heterocycles. The molecule has 0 radical (unpaired) electrons. The number of halogens is 2. The summed E-state index contributed by atoms with van der Waals surface area (Å²) in [5.74, 6) is -0.142. The Hall–Kier alpha value is 0.396. The summed E-state index contributed by atoms with van der Waals surface area (Å²) in [6.45, 7) is 5.96. The Labute approximate surface area is 106 Å². The van der Waals surface area contributed by atoms with Crippen molar-refractivity contribution < 1.29 is 21.4 Å². The van der Waals surface area contributed by atoms with Gasteiger partial charge in [-0.25, -0.2) is 4.39 Å². The summed E-state index contributed by atoms with van der Waals surface area (Å²) in [5.41, 5.74) is 0.599. The van der Waals surface area contributed by atoms with Gasteiger partial charge in [0.05, 0.1) is 0 Å². The second kappa shape index (κ2) is 5.99. The average molecular weight is 255 g/mol. The molecule has 0 aliphatic heterocycles. The largest absolute Gasteiger partial charge is 2.00 e. The van der Waals surface area contributed by atoms with E-state index in [0.29, 0.717) is 0 Å². The maximum absolute atomic E-state index is 13.1. The third-order valence-corrected chi connectivity index (χ3v) is 1.62. The number of hydrogen-bond acceptors (Lipinski definition) is 0. The van der Waals surface area contributed by atoms with Gasteiger partial charge in [-0.1, -0.05) is 26.2 Å². The van der Waals surface area contributed by atoms with E-state index in [1.807, 2.05) is 20.8 Å². The van der Waals surface area contributed by atoms with E-state index >= 15 is 0 Å². The Morgan fingerprint density at radius 2 is 1.85 bits per heavy atom. The van der Waals surface area contributed by atoms with Crippen LogP contribution in [-0.2, 0) is 5.41 Å². The van der Waals surface area contributed by atoms with E-state index in [1.165, 1.54) is 6.07 Å². The van der Waals surface area contributed by atoms with Crippen LogP contribution < -0.4 is 17.0 Å². The fourth-order valence-corrected chi connectivity index (χ4v) is 0.986. The Morgan fingerprint density at radius 3 is 2.15 bits per heavy atom. The molecule has 0 saturated carbocycles. The van der Waals surface area contributed by atoms with Gasteiger partial charge in [-0.3, -0.25) is 0 Å². The molecule has 0 fully saturated rings. The monoisotopic (exact) mass is 254 g/mol. The molecule has 0 unspecified atom stereocenters. The first-order valence-corrected chi connectivity index (χ1v) is 3.68. The Balaban J connectivity index is 0. The van der Waals surface area contributed by atoms with E-state index in [0.717, 1.165) is 5.56 Å². The van der Waals surface area contributed by atoms with E-state index in [-0.39, 0.29) is 51.3 Å². The van der Waals surface area contributed by atoms with Crippen LogP contribution >= 0.6 is 0 Å². The minimum atomic E-state index is -0.142. The molecule has 0 aliphatic rings. The smallest absolute Gasteiger partial charge is 1.00 e. The molecule has 0 N–H and O–H groups in total. The van der Waals surface area contributed by atoms with Gasteiger partial charge < -0.3 is 17.0 Å². The Bertz CT molecular complexity index is 255. The van der Waals surface area contributed by atoms with Crippen molar-refractivity contribution in [2.45, 2.75) is 26.2 Å². The van der Waals surface area contributed by atoms with Crippen molar-refractivity contribution >= 4 is 23.1 Å². The summed E-state index contributed by atoms with van der Waals surface area (Å²) in [4.78, 5) is 0. The molecule has 0 aliphatic carbocycles. The topological polar surface area (TPSA) is 0 Å². The maximum Gasteiger partial charge on any atom is 2.00 e. The minimum absolute atomic E-state index is 0. The van der Waals surface area contributed by atoms with E-state index in [4.69, 9.17) is 0 Å². The van der Waals surface area contributed by atoms with Crippen LogP contribution in [0, 0.1) is 11.9 Å². The van der Waals surface area contributed by atoms with E-state index < -0.39 is 0 Å². The van der Waals surface area contributed by atoms with Crippen LogP contribution in [0.3, 0.4) is 0 Å². The standard InChI is InChI=1S/C10H12F.BrH.Mg/c1-10(2,3)8-6-4-5-7-9(8)11;;/h5-7H,1-3H3;1H;/q-1;;+2/p-1. The molecule has 13 heavy (non-hydrogen) atoms. The van der Waals surface area contributed by atoms with E-state index in [2.05, 4.69) is 6.07 Å². The Kier molecular flexibility index (Phi) is 7.30. The summed E-state index contributed by atoms with van der Waals surface area (Å²) in [6.07, 6.45) is 0. The van der Waals surface area contributed by atoms with Crippen molar-refractivity contribution in [2.24, 2.45) is 0 Å². The molecule has 3 heteroatoms. The number of hydrogen-bond donors (Lipinski definition) is 0. The van der Waals surface area contributed by atoms with Crippen molar-refractivity contribution in [2.75, 3.05) is 0 Å². The Morgan fingerprint density at radius 1 is 1.31 bits per heavy atom. The van der Waals surface area contributed by atoms with Gasteiger partial charge in [0, 0.05) is 5.82 Å². The number of rotatable bonds is 0. The molecule has 0 atom stereocenters. The van der Waals surface area contributed by atoms with E-state index in [1.54, 1.807) is 12.1 Å². The van der Waals surface area contributed by atoms with Crippen LogP contribution in [0.1, 0.15) is 26.3 Å². The minimum Gasteiger partial charge on any atom is -1.00 e. The summed E-state index contributed by atoms with van der Waals surface area (Å²) in [7, 11) is 0. The third kappa shape index (κ3) is 4.43. The van der Waals surface area contributed by atoms with Gasteiger partial charge in [0.2, 0.25) is 0 Å². The van der Waals surface area contributed by atoms with Gasteiger partial charge in [-0.05, 0) is 0 Å². The summed E-state index contributed by atoms with van der Waals surface area (Å²) in [5, 5.41) is 0. The second-order valence-corrected chi connectivity index (χ2v) is 3.66. The molecule has 1 aromatic carbocycles. The predicted octanol–water partition coefficient (Wildman–Crippen LogP) is -0.453.